The van der Waals surface area contributed by atoms with E-state index in [0.29, 0.717) is 5.56 Å². The molecule has 24 heavy (non-hydrogen) atoms. The van der Waals surface area contributed by atoms with Crippen LogP contribution in [0.4, 0.5) is 13.2 Å². The molecule has 0 spiro atoms. The zero-order valence-electron chi connectivity index (χ0n) is 12.3. The number of hydroxylamine groups is 2. The van der Waals surface area contributed by atoms with Crippen LogP contribution in [-0.4, -0.2) is 22.7 Å². The van der Waals surface area contributed by atoms with Gasteiger partial charge in [0.1, 0.15) is 6.54 Å². The molecule has 0 saturated heterocycles. The molecule has 0 fully saturated rings. The number of hydrazone groups is 1. The SMILES string of the molecule is NN=C1CN(O)C(c2ccccc2)=c2cc(C(F)(F)F)ccc2=N1. The van der Waals surface area contributed by atoms with Gasteiger partial charge in [-0.05, 0) is 18.2 Å². The number of benzene rings is 2. The molecule has 124 valence electrons. The van der Waals surface area contributed by atoms with Gasteiger partial charge in [-0.1, -0.05) is 30.3 Å². The van der Waals surface area contributed by atoms with Crippen molar-refractivity contribution in [2.45, 2.75) is 6.18 Å². The zero-order chi connectivity index (χ0) is 17.3. The molecule has 1 heterocycles. The quantitative estimate of drug-likeness (QED) is 0.612. The van der Waals surface area contributed by atoms with E-state index in [2.05, 4.69) is 10.1 Å². The Hall–Kier alpha value is -2.87. The molecular weight excluding hydrogens is 321 g/mol. The first kappa shape index (κ1) is 16.0. The first-order valence-corrected chi connectivity index (χ1v) is 6.99. The van der Waals surface area contributed by atoms with E-state index in [1.807, 2.05) is 0 Å². The third-order valence-electron chi connectivity index (χ3n) is 3.57. The maximum absolute atomic E-state index is 13.1. The topological polar surface area (TPSA) is 74.2 Å². The highest BCUT2D eigenvalue weighted by Crippen LogP contribution is 2.27. The molecule has 0 bridgehead atoms. The molecule has 0 aliphatic carbocycles. The van der Waals surface area contributed by atoms with Crippen molar-refractivity contribution in [2.75, 3.05) is 6.54 Å². The summed E-state index contributed by atoms with van der Waals surface area (Å²) in [4.78, 5) is 4.14. The maximum atomic E-state index is 13.1. The van der Waals surface area contributed by atoms with E-state index in [-0.39, 0.29) is 28.7 Å². The summed E-state index contributed by atoms with van der Waals surface area (Å²) < 4.78 is 39.2. The third-order valence-corrected chi connectivity index (χ3v) is 3.57. The summed E-state index contributed by atoms with van der Waals surface area (Å²) in [6.45, 7) is -0.142. The van der Waals surface area contributed by atoms with Crippen molar-refractivity contribution < 1.29 is 18.4 Å². The van der Waals surface area contributed by atoms with Crippen LogP contribution >= 0.6 is 0 Å². The summed E-state index contributed by atoms with van der Waals surface area (Å²) >= 11 is 0. The number of amidine groups is 1. The van der Waals surface area contributed by atoms with Crippen LogP contribution in [-0.2, 0) is 6.18 Å². The second-order valence-electron chi connectivity index (χ2n) is 5.16. The van der Waals surface area contributed by atoms with Gasteiger partial charge in [0.15, 0.2) is 5.84 Å². The van der Waals surface area contributed by atoms with Gasteiger partial charge in [0, 0.05) is 10.8 Å². The number of nitrogens with zero attached hydrogens (tertiary/aromatic N) is 3. The fraction of sp³-hybridized carbons (Fsp3) is 0.125. The maximum Gasteiger partial charge on any atom is 0.416 e. The molecule has 3 N–H and O–H groups in total. The molecular formula is C16H13F3N4O. The van der Waals surface area contributed by atoms with Crippen molar-refractivity contribution in [3.63, 3.8) is 0 Å². The van der Waals surface area contributed by atoms with Crippen molar-refractivity contribution >= 4 is 11.5 Å². The molecule has 1 aliphatic rings. The van der Waals surface area contributed by atoms with Gasteiger partial charge in [-0.3, -0.25) is 5.21 Å². The average molecular weight is 334 g/mol. The van der Waals surface area contributed by atoms with Crippen LogP contribution in [0.1, 0.15) is 11.1 Å². The number of fused-ring (bicyclic) bond motifs is 1. The second-order valence-corrected chi connectivity index (χ2v) is 5.16. The summed E-state index contributed by atoms with van der Waals surface area (Å²) in [6.07, 6.45) is -4.51. The zero-order valence-corrected chi connectivity index (χ0v) is 12.3. The molecule has 2 aromatic carbocycles. The number of hydrogen-bond acceptors (Lipinski definition) is 4. The molecule has 8 heteroatoms. The predicted molar refractivity (Wildman–Crippen MR) is 81.3 cm³/mol. The Morgan fingerprint density at radius 3 is 2.46 bits per heavy atom. The highest BCUT2D eigenvalue weighted by Gasteiger charge is 2.31. The van der Waals surface area contributed by atoms with Crippen LogP contribution in [0, 0.1) is 0 Å². The summed E-state index contributed by atoms with van der Waals surface area (Å²) in [6, 6.07) is 11.7. The van der Waals surface area contributed by atoms with Gasteiger partial charge in [0.05, 0.1) is 16.6 Å². The summed E-state index contributed by atoms with van der Waals surface area (Å²) in [5, 5.41) is 15.0. The first-order valence-electron chi connectivity index (χ1n) is 6.99. The number of halogens is 3. The Kier molecular flexibility index (Phi) is 3.98. The van der Waals surface area contributed by atoms with Crippen LogP contribution in [0.25, 0.3) is 5.70 Å². The van der Waals surface area contributed by atoms with Crippen molar-refractivity contribution in [3.05, 3.63) is 70.2 Å². The van der Waals surface area contributed by atoms with Gasteiger partial charge in [-0.2, -0.15) is 18.3 Å². The molecule has 0 saturated carbocycles. The average Bonchev–Trinajstić information content (AvgIpc) is 2.69. The van der Waals surface area contributed by atoms with Crippen LogP contribution < -0.4 is 16.4 Å². The van der Waals surface area contributed by atoms with E-state index in [1.165, 1.54) is 6.07 Å². The van der Waals surface area contributed by atoms with E-state index in [4.69, 9.17) is 5.84 Å². The van der Waals surface area contributed by atoms with Gasteiger partial charge in [0.25, 0.3) is 0 Å². The van der Waals surface area contributed by atoms with Crippen LogP contribution in [0.2, 0.25) is 0 Å². The number of hydrogen-bond donors (Lipinski definition) is 2. The Bertz CT molecular complexity index is 907. The van der Waals surface area contributed by atoms with E-state index in [9.17, 15) is 18.4 Å². The van der Waals surface area contributed by atoms with Crippen molar-refractivity contribution in [3.8, 4) is 0 Å². The van der Waals surface area contributed by atoms with E-state index in [0.717, 1.165) is 17.2 Å². The van der Waals surface area contributed by atoms with Gasteiger partial charge in [-0.25, -0.2) is 10.1 Å². The predicted octanol–water partition coefficient (Wildman–Crippen LogP) is 1.46. The van der Waals surface area contributed by atoms with Crippen LogP contribution in [0.5, 0.6) is 0 Å². The molecule has 5 nitrogen and oxygen atoms in total. The Morgan fingerprint density at radius 1 is 1.12 bits per heavy atom. The van der Waals surface area contributed by atoms with Gasteiger partial charge < -0.3 is 5.84 Å². The van der Waals surface area contributed by atoms with E-state index >= 15 is 0 Å². The Balaban J connectivity index is 2.42. The van der Waals surface area contributed by atoms with Crippen LogP contribution in [0.15, 0.2) is 58.6 Å². The Morgan fingerprint density at radius 2 is 1.83 bits per heavy atom. The van der Waals surface area contributed by atoms with Crippen molar-refractivity contribution in [1.82, 2.24) is 5.06 Å². The number of nitrogens with two attached hydrogens (primary N) is 1. The normalized spacial score (nSPS) is 16.6. The Labute approximate surface area is 134 Å². The number of alkyl halides is 3. The fourth-order valence-electron chi connectivity index (χ4n) is 2.50. The molecule has 3 rings (SSSR count). The standard InChI is InChI=1S/C16H13F3N4O/c17-16(18,19)11-6-7-13-12(8-11)15(10-4-2-1-3-5-10)23(24)9-14(21-13)22-20/h1-8,24H,9,20H2. The largest absolute Gasteiger partial charge is 0.416 e. The number of rotatable bonds is 1. The van der Waals surface area contributed by atoms with Crippen molar-refractivity contribution in [2.24, 2.45) is 15.9 Å². The van der Waals surface area contributed by atoms with Gasteiger partial charge >= 0.3 is 6.18 Å². The lowest BCUT2D eigenvalue weighted by atomic mass is 10.1. The smallest absolute Gasteiger partial charge is 0.321 e. The van der Waals surface area contributed by atoms with E-state index in [1.54, 1.807) is 30.3 Å². The monoisotopic (exact) mass is 334 g/mol. The minimum absolute atomic E-state index is 0.101. The molecule has 0 atom stereocenters. The first-order chi connectivity index (χ1) is 11.4. The van der Waals surface area contributed by atoms with Gasteiger partial charge in [0.2, 0.25) is 0 Å². The fourth-order valence-corrected chi connectivity index (χ4v) is 2.50. The molecule has 0 aromatic heterocycles. The summed E-state index contributed by atoms with van der Waals surface area (Å²) in [7, 11) is 0. The lowest BCUT2D eigenvalue weighted by Crippen LogP contribution is -2.33. The second kappa shape index (κ2) is 5.97. The highest BCUT2D eigenvalue weighted by atomic mass is 19.4. The molecule has 0 radical (unpaired) electrons. The molecule has 2 aromatic rings. The molecule has 0 unspecified atom stereocenters. The van der Waals surface area contributed by atoms with Gasteiger partial charge in [-0.15, -0.1) is 0 Å². The minimum Gasteiger partial charge on any atom is -0.321 e. The van der Waals surface area contributed by atoms with Crippen molar-refractivity contribution in [1.29, 1.82) is 0 Å². The summed E-state index contributed by atoms with van der Waals surface area (Å²) in [5.74, 6) is 5.34. The summed E-state index contributed by atoms with van der Waals surface area (Å²) in [5.41, 5.74) is -0.0698. The lowest BCUT2D eigenvalue weighted by molar-refractivity contribution is -0.137. The van der Waals surface area contributed by atoms with Crippen LogP contribution in [0.3, 0.4) is 0 Å². The molecule has 0 amide bonds. The van der Waals surface area contributed by atoms with E-state index < -0.39 is 11.7 Å². The third kappa shape index (κ3) is 2.95. The highest BCUT2D eigenvalue weighted by molar-refractivity contribution is 5.86. The minimum atomic E-state index is -4.51. The lowest BCUT2D eigenvalue weighted by Gasteiger charge is -2.19. The molecule has 1 aliphatic heterocycles.